The fourth-order valence-electron chi connectivity index (χ4n) is 0.766. The highest BCUT2D eigenvalue weighted by molar-refractivity contribution is 7.90. The highest BCUT2D eigenvalue weighted by Crippen LogP contribution is 1.98. The highest BCUT2D eigenvalue weighted by Gasteiger charge is 2.10. The summed E-state index contributed by atoms with van der Waals surface area (Å²) >= 11 is 0. The van der Waals surface area contributed by atoms with Gasteiger partial charge in [-0.2, -0.15) is 0 Å². The van der Waals surface area contributed by atoms with Gasteiger partial charge >= 0.3 is 0 Å². The van der Waals surface area contributed by atoms with Crippen LogP contribution in [0.4, 0.5) is 0 Å². The predicted molar refractivity (Wildman–Crippen MR) is 40.6 cm³/mol. The zero-order valence-corrected chi connectivity index (χ0v) is 7.19. The van der Waals surface area contributed by atoms with Gasteiger partial charge in [-0.05, 0) is 6.42 Å². The van der Waals surface area contributed by atoms with Gasteiger partial charge in [-0.3, -0.25) is 0 Å². The van der Waals surface area contributed by atoms with Gasteiger partial charge in [-0.25, -0.2) is 8.42 Å². The van der Waals surface area contributed by atoms with E-state index in [0.29, 0.717) is 6.42 Å². The van der Waals surface area contributed by atoms with E-state index in [9.17, 15) is 8.42 Å². The van der Waals surface area contributed by atoms with E-state index in [1.54, 1.807) is 0 Å². The second-order valence-corrected chi connectivity index (χ2v) is 4.72. The van der Waals surface area contributed by atoms with Gasteiger partial charge in [0, 0.05) is 6.26 Å². The Morgan fingerprint density at radius 2 is 2.00 bits per heavy atom. The molecule has 0 aliphatic heterocycles. The summed E-state index contributed by atoms with van der Waals surface area (Å²) in [5.41, 5.74) is 0. The van der Waals surface area contributed by atoms with Crippen molar-refractivity contribution in [3.8, 4) is 0 Å². The molecule has 62 valence electrons. The van der Waals surface area contributed by atoms with Gasteiger partial charge in [-0.1, -0.05) is 13.3 Å². The first-order chi connectivity index (χ1) is 4.45. The molecule has 1 unspecified atom stereocenters. The Bertz CT molecular complexity index is 171. The molecule has 0 aliphatic carbocycles. The molecule has 1 atom stereocenters. The molecule has 0 saturated heterocycles. The van der Waals surface area contributed by atoms with Crippen LogP contribution in [0.2, 0.25) is 0 Å². The fourth-order valence-corrected chi connectivity index (χ4v) is 1.63. The summed E-state index contributed by atoms with van der Waals surface area (Å²) in [4.78, 5) is 0. The van der Waals surface area contributed by atoms with Gasteiger partial charge in [-0.15, -0.1) is 0 Å². The van der Waals surface area contributed by atoms with Crippen molar-refractivity contribution in [3.63, 3.8) is 0 Å². The Hall–Kier alpha value is -0.0900. The molecule has 0 amide bonds. The summed E-state index contributed by atoms with van der Waals surface area (Å²) in [5.74, 6) is -0.110. The molecular formula is C6H14O3S. The minimum Gasteiger partial charge on any atom is -0.392 e. The summed E-state index contributed by atoms with van der Waals surface area (Å²) in [7, 11) is -3.00. The summed E-state index contributed by atoms with van der Waals surface area (Å²) < 4.78 is 21.1. The first kappa shape index (κ1) is 9.91. The maximum Gasteiger partial charge on any atom is 0.149 e. The molecule has 0 fully saturated rings. The number of sulfone groups is 1. The molecular weight excluding hydrogens is 152 g/mol. The van der Waals surface area contributed by atoms with Crippen molar-refractivity contribution < 1.29 is 13.5 Å². The van der Waals surface area contributed by atoms with Crippen molar-refractivity contribution >= 4 is 9.84 Å². The summed E-state index contributed by atoms with van der Waals surface area (Å²) in [6, 6.07) is 0. The van der Waals surface area contributed by atoms with Crippen molar-refractivity contribution in [2.24, 2.45) is 0 Å². The lowest BCUT2D eigenvalue weighted by molar-refractivity contribution is 0.186. The van der Waals surface area contributed by atoms with E-state index in [-0.39, 0.29) is 5.75 Å². The quantitative estimate of drug-likeness (QED) is 0.648. The topological polar surface area (TPSA) is 54.4 Å². The van der Waals surface area contributed by atoms with Gasteiger partial charge < -0.3 is 5.11 Å². The molecule has 0 bridgehead atoms. The first-order valence-corrected chi connectivity index (χ1v) is 5.37. The molecule has 0 aromatic carbocycles. The van der Waals surface area contributed by atoms with Crippen molar-refractivity contribution in [1.29, 1.82) is 0 Å². The zero-order chi connectivity index (χ0) is 8.20. The van der Waals surface area contributed by atoms with Crippen LogP contribution in [-0.2, 0) is 9.84 Å². The number of hydrogen-bond donors (Lipinski definition) is 1. The largest absolute Gasteiger partial charge is 0.392 e. The van der Waals surface area contributed by atoms with Crippen LogP contribution < -0.4 is 0 Å². The third-order valence-corrected chi connectivity index (χ3v) is 2.11. The molecule has 10 heavy (non-hydrogen) atoms. The van der Waals surface area contributed by atoms with E-state index in [2.05, 4.69) is 0 Å². The zero-order valence-electron chi connectivity index (χ0n) is 6.37. The average molecular weight is 166 g/mol. The standard InChI is InChI=1S/C6H14O3S/c1-3-4-6(7)5-10(2,8)9/h6-7H,3-5H2,1-2H3. The minimum absolute atomic E-state index is 0.110. The van der Waals surface area contributed by atoms with Crippen LogP contribution in [0.3, 0.4) is 0 Å². The lowest BCUT2D eigenvalue weighted by Gasteiger charge is -2.05. The molecule has 4 heteroatoms. The molecule has 0 saturated carbocycles. The third-order valence-electron chi connectivity index (χ3n) is 1.12. The minimum atomic E-state index is -3.00. The van der Waals surface area contributed by atoms with Crippen LogP contribution in [-0.4, -0.2) is 31.6 Å². The van der Waals surface area contributed by atoms with Crippen LogP contribution in [0.5, 0.6) is 0 Å². The van der Waals surface area contributed by atoms with E-state index in [1.807, 2.05) is 6.92 Å². The lowest BCUT2D eigenvalue weighted by atomic mass is 10.2. The van der Waals surface area contributed by atoms with E-state index >= 15 is 0 Å². The van der Waals surface area contributed by atoms with Gasteiger partial charge in [0.2, 0.25) is 0 Å². The normalized spacial score (nSPS) is 15.1. The second-order valence-electron chi connectivity index (χ2n) is 2.53. The van der Waals surface area contributed by atoms with Gasteiger partial charge in [0.15, 0.2) is 0 Å². The van der Waals surface area contributed by atoms with Gasteiger partial charge in [0.1, 0.15) is 9.84 Å². The molecule has 0 heterocycles. The van der Waals surface area contributed by atoms with E-state index in [0.717, 1.165) is 12.7 Å². The highest BCUT2D eigenvalue weighted by atomic mass is 32.2. The second kappa shape index (κ2) is 3.93. The maximum atomic E-state index is 10.6. The van der Waals surface area contributed by atoms with Crippen LogP contribution >= 0.6 is 0 Å². The SMILES string of the molecule is CCCC(O)CS(C)(=O)=O. The van der Waals surface area contributed by atoms with Crippen molar-refractivity contribution in [2.45, 2.75) is 25.9 Å². The van der Waals surface area contributed by atoms with Crippen molar-refractivity contribution in [2.75, 3.05) is 12.0 Å². The maximum absolute atomic E-state index is 10.6. The predicted octanol–water partition coefficient (Wildman–Crippen LogP) is 0.192. The Morgan fingerprint density at radius 3 is 2.30 bits per heavy atom. The van der Waals surface area contributed by atoms with Gasteiger partial charge in [0.25, 0.3) is 0 Å². The lowest BCUT2D eigenvalue weighted by Crippen LogP contribution is -2.19. The summed E-state index contributed by atoms with van der Waals surface area (Å²) in [6.07, 6.45) is 1.83. The molecule has 0 aromatic heterocycles. The number of aliphatic hydroxyl groups is 1. The Balaban J connectivity index is 3.69. The number of rotatable bonds is 4. The number of aliphatic hydroxyl groups excluding tert-OH is 1. The van der Waals surface area contributed by atoms with Gasteiger partial charge in [0.05, 0.1) is 11.9 Å². The molecule has 3 nitrogen and oxygen atoms in total. The van der Waals surface area contributed by atoms with Crippen molar-refractivity contribution in [1.82, 2.24) is 0 Å². The average Bonchev–Trinajstić information content (AvgIpc) is 1.59. The van der Waals surface area contributed by atoms with Crippen molar-refractivity contribution in [3.05, 3.63) is 0 Å². The Labute approximate surface area is 62.0 Å². The van der Waals surface area contributed by atoms with Crippen LogP contribution in [0, 0.1) is 0 Å². The Kier molecular flexibility index (Phi) is 3.89. The molecule has 0 radical (unpaired) electrons. The number of hydrogen-bond acceptors (Lipinski definition) is 3. The monoisotopic (exact) mass is 166 g/mol. The summed E-state index contributed by atoms with van der Waals surface area (Å²) in [6.45, 7) is 1.91. The molecule has 1 N–H and O–H groups in total. The molecule has 0 aromatic rings. The van der Waals surface area contributed by atoms with E-state index in [1.165, 1.54) is 0 Å². The molecule has 0 rings (SSSR count). The molecule has 0 spiro atoms. The van der Waals surface area contributed by atoms with Crippen LogP contribution in [0.1, 0.15) is 19.8 Å². The molecule has 0 aliphatic rings. The van der Waals surface area contributed by atoms with Crippen LogP contribution in [0.25, 0.3) is 0 Å². The van der Waals surface area contributed by atoms with Crippen LogP contribution in [0.15, 0.2) is 0 Å². The fraction of sp³-hybridized carbons (Fsp3) is 1.00. The summed E-state index contributed by atoms with van der Waals surface area (Å²) in [5, 5.41) is 9.01. The van der Waals surface area contributed by atoms with E-state index < -0.39 is 15.9 Å². The first-order valence-electron chi connectivity index (χ1n) is 3.31. The third kappa shape index (κ3) is 6.04. The smallest absolute Gasteiger partial charge is 0.149 e. The Morgan fingerprint density at radius 1 is 1.50 bits per heavy atom. The van der Waals surface area contributed by atoms with E-state index in [4.69, 9.17) is 5.11 Å².